The lowest BCUT2D eigenvalue weighted by atomic mass is 10.1. The molecule has 0 unspecified atom stereocenters. The molecule has 1 amide bonds. The number of carbonyl (C=O) groups is 1. The number of benzene rings is 1. The molecule has 1 aromatic heterocycles. The highest BCUT2D eigenvalue weighted by molar-refractivity contribution is 5.90. The minimum Gasteiger partial charge on any atom is -0.392 e. The third-order valence-electron chi connectivity index (χ3n) is 3.18. The van der Waals surface area contributed by atoms with Gasteiger partial charge in [-0.05, 0) is 38.0 Å². The van der Waals surface area contributed by atoms with E-state index in [-0.39, 0.29) is 12.5 Å². The number of hydrogen-bond donors (Lipinski definition) is 2. The molecule has 2 N–H and O–H groups in total. The van der Waals surface area contributed by atoms with Crippen molar-refractivity contribution >= 4 is 11.6 Å². The van der Waals surface area contributed by atoms with E-state index < -0.39 is 0 Å². The van der Waals surface area contributed by atoms with Crippen molar-refractivity contribution < 1.29 is 14.4 Å². The van der Waals surface area contributed by atoms with Crippen molar-refractivity contribution in [2.75, 3.05) is 5.32 Å². The maximum atomic E-state index is 11.9. The SMILES string of the molecule is Cc1noc(C)c1CCC(=O)Nc1cccc(CO)c1. The Kier molecular flexibility index (Phi) is 4.53. The molecule has 1 aromatic carbocycles. The van der Waals surface area contributed by atoms with E-state index in [1.54, 1.807) is 24.3 Å². The summed E-state index contributed by atoms with van der Waals surface area (Å²) in [6, 6.07) is 7.16. The zero-order chi connectivity index (χ0) is 14.5. The minimum atomic E-state index is -0.0694. The monoisotopic (exact) mass is 274 g/mol. The van der Waals surface area contributed by atoms with Crippen molar-refractivity contribution in [3.8, 4) is 0 Å². The lowest BCUT2D eigenvalue weighted by Crippen LogP contribution is -2.12. The van der Waals surface area contributed by atoms with E-state index in [0.717, 1.165) is 22.6 Å². The van der Waals surface area contributed by atoms with Crippen molar-refractivity contribution in [2.45, 2.75) is 33.3 Å². The van der Waals surface area contributed by atoms with Gasteiger partial charge in [0.2, 0.25) is 5.91 Å². The summed E-state index contributed by atoms with van der Waals surface area (Å²) in [7, 11) is 0. The van der Waals surface area contributed by atoms with Crippen LogP contribution >= 0.6 is 0 Å². The first-order valence-electron chi connectivity index (χ1n) is 6.51. The van der Waals surface area contributed by atoms with Crippen molar-refractivity contribution in [3.63, 3.8) is 0 Å². The van der Waals surface area contributed by atoms with E-state index >= 15 is 0 Å². The van der Waals surface area contributed by atoms with E-state index in [0.29, 0.717) is 18.5 Å². The smallest absolute Gasteiger partial charge is 0.224 e. The molecule has 0 fully saturated rings. The molecule has 0 bridgehead atoms. The molecule has 2 aromatic rings. The number of anilines is 1. The minimum absolute atomic E-state index is 0.0389. The number of carbonyl (C=O) groups excluding carboxylic acids is 1. The fourth-order valence-corrected chi connectivity index (χ4v) is 2.07. The van der Waals surface area contributed by atoms with Gasteiger partial charge in [0.15, 0.2) is 0 Å². The topological polar surface area (TPSA) is 75.4 Å². The molecular weight excluding hydrogens is 256 g/mol. The van der Waals surface area contributed by atoms with Gasteiger partial charge in [0.25, 0.3) is 0 Å². The maximum Gasteiger partial charge on any atom is 0.224 e. The molecule has 5 heteroatoms. The molecule has 20 heavy (non-hydrogen) atoms. The standard InChI is InChI=1S/C15H18N2O3/c1-10-14(11(2)20-17-10)6-7-15(19)16-13-5-3-4-12(8-13)9-18/h3-5,8,18H,6-7,9H2,1-2H3,(H,16,19). The largest absolute Gasteiger partial charge is 0.392 e. The van der Waals surface area contributed by atoms with Crippen LogP contribution in [0.3, 0.4) is 0 Å². The molecule has 0 atom stereocenters. The molecule has 0 spiro atoms. The Morgan fingerprint density at radius 3 is 2.85 bits per heavy atom. The first-order chi connectivity index (χ1) is 9.60. The first kappa shape index (κ1) is 14.3. The summed E-state index contributed by atoms with van der Waals surface area (Å²) in [6.07, 6.45) is 0.971. The normalized spacial score (nSPS) is 10.6. The zero-order valence-electron chi connectivity index (χ0n) is 11.6. The number of nitrogens with one attached hydrogen (secondary N) is 1. The molecular formula is C15H18N2O3. The second-order valence-corrected chi connectivity index (χ2v) is 4.71. The Morgan fingerprint density at radius 2 is 2.20 bits per heavy atom. The highest BCUT2D eigenvalue weighted by Gasteiger charge is 2.11. The summed E-state index contributed by atoms with van der Waals surface area (Å²) in [5.74, 6) is 0.692. The Bertz CT molecular complexity index is 585. The van der Waals surface area contributed by atoms with Crippen molar-refractivity contribution in [3.05, 3.63) is 46.8 Å². The van der Waals surface area contributed by atoms with Gasteiger partial charge in [-0.3, -0.25) is 4.79 Å². The number of aryl methyl sites for hydroxylation is 2. The summed E-state index contributed by atoms with van der Waals surface area (Å²) in [5.41, 5.74) is 3.29. The number of hydrogen-bond acceptors (Lipinski definition) is 4. The molecule has 0 aliphatic heterocycles. The molecule has 2 rings (SSSR count). The lowest BCUT2D eigenvalue weighted by Gasteiger charge is -2.06. The number of aliphatic hydroxyl groups is 1. The third kappa shape index (κ3) is 3.45. The van der Waals surface area contributed by atoms with Crippen LogP contribution in [0.1, 0.15) is 29.0 Å². The van der Waals surface area contributed by atoms with Crippen LogP contribution in [0, 0.1) is 13.8 Å². The van der Waals surface area contributed by atoms with E-state index in [1.165, 1.54) is 0 Å². The average molecular weight is 274 g/mol. The van der Waals surface area contributed by atoms with Gasteiger partial charge in [-0.15, -0.1) is 0 Å². The molecule has 0 aliphatic carbocycles. The van der Waals surface area contributed by atoms with Crippen LogP contribution < -0.4 is 5.32 Å². The number of amides is 1. The Morgan fingerprint density at radius 1 is 1.40 bits per heavy atom. The summed E-state index contributed by atoms with van der Waals surface area (Å²) >= 11 is 0. The van der Waals surface area contributed by atoms with Crippen LogP contribution in [0.5, 0.6) is 0 Å². The second kappa shape index (κ2) is 6.34. The average Bonchev–Trinajstić information content (AvgIpc) is 2.76. The van der Waals surface area contributed by atoms with Crippen LogP contribution in [-0.4, -0.2) is 16.2 Å². The summed E-state index contributed by atoms with van der Waals surface area (Å²) in [5, 5.41) is 15.7. The molecule has 5 nitrogen and oxygen atoms in total. The van der Waals surface area contributed by atoms with Crippen LogP contribution in [0.4, 0.5) is 5.69 Å². The van der Waals surface area contributed by atoms with Gasteiger partial charge in [0.1, 0.15) is 5.76 Å². The van der Waals surface area contributed by atoms with E-state index in [4.69, 9.17) is 9.63 Å². The predicted octanol–water partition coefficient (Wildman–Crippen LogP) is 2.36. The van der Waals surface area contributed by atoms with Crippen molar-refractivity contribution in [1.29, 1.82) is 0 Å². The van der Waals surface area contributed by atoms with Crippen molar-refractivity contribution in [2.24, 2.45) is 0 Å². The third-order valence-corrected chi connectivity index (χ3v) is 3.18. The number of nitrogens with zero attached hydrogens (tertiary/aromatic N) is 1. The van der Waals surface area contributed by atoms with Crippen molar-refractivity contribution in [1.82, 2.24) is 5.16 Å². The highest BCUT2D eigenvalue weighted by Crippen LogP contribution is 2.15. The van der Waals surface area contributed by atoms with Gasteiger partial charge in [-0.2, -0.15) is 0 Å². The highest BCUT2D eigenvalue weighted by atomic mass is 16.5. The van der Waals surface area contributed by atoms with Gasteiger partial charge < -0.3 is 14.9 Å². The van der Waals surface area contributed by atoms with Gasteiger partial charge >= 0.3 is 0 Å². The molecule has 0 saturated heterocycles. The fraction of sp³-hybridized carbons (Fsp3) is 0.333. The Balaban J connectivity index is 1.92. The van der Waals surface area contributed by atoms with Gasteiger partial charge in [-0.1, -0.05) is 17.3 Å². The molecule has 0 radical (unpaired) electrons. The van der Waals surface area contributed by atoms with Crippen LogP contribution in [-0.2, 0) is 17.8 Å². The number of rotatable bonds is 5. The number of aromatic nitrogens is 1. The fourth-order valence-electron chi connectivity index (χ4n) is 2.07. The summed E-state index contributed by atoms with van der Waals surface area (Å²) in [6.45, 7) is 3.68. The molecule has 0 aliphatic rings. The van der Waals surface area contributed by atoms with Gasteiger partial charge in [0.05, 0.1) is 12.3 Å². The Hall–Kier alpha value is -2.14. The Labute approximate surface area is 117 Å². The maximum absolute atomic E-state index is 11.9. The van der Waals surface area contributed by atoms with E-state index in [1.807, 2.05) is 13.8 Å². The molecule has 1 heterocycles. The van der Waals surface area contributed by atoms with Gasteiger partial charge in [-0.25, -0.2) is 0 Å². The predicted molar refractivity (Wildman–Crippen MR) is 75.3 cm³/mol. The van der Waals surface area contributed by atoms with Crippen LogP contribution in [0.25, 0.3) is 0 Å². The summed E-state index contributed by atoms with van der Waals surface area (Å²) in [4.78, 5) is 11.9. The van der Waals surface area contributed by atoms with E-state index in [9.17, 15) is 4.79 Å². The zero-order valence-corrected chi connectivity index (χ0v) is 11.6. The van der Waals surface area contributed by atoms with Crippen LogP contribution in [0.15, 0.2) is 28.8 Å². The molecule has 0 saturated carbocycles. The quantitative estimate of drug-likeness (QED) is 0.877. The first-order valence-corrected chi connectivity index (χ1v) is 6.51. The van der Waals surface area contributed by atoms with E-state index in [2.05, 4.69) is 10.5 Å². The summed E-state index contributed by atoms with van der Waals surface area (Å²) < 4.78 is 5.07. The number of aliphatic hydroxyl groups excluding tert-OH is 1. The molecule has 106 valence electrons. The second-order valence-electron chi connectivity index (χ2n) is 4.71. The lowest BCUT2D eigenvalue weighted by molar-refractivity contribution is -0.116. The van der Waals surface area contributed by atoms with Gasteiger partial charge in [0, 0.05) is 17.7 Å². The van der Waals surface area contributed by atoms with Crippen LogP contribution in [0.2, 0.25) is 0 Å².